The van der Waals surface area contributed by atoms with E-state index in [9.17, 15) is 0 Å². The molecule has 0 amide bonds. The van der Waals surface area contributed by atoms with Gasteiger partial charge in [-0.05, 0) is 40.8 Å². The van der Waals surface area contributed by atoms with Crippen molar-refractivity contribution in [2.45, 2.75) is 0 Å². The lowest BCUT2D eigenvalue weighted by molar-refractivity contribution is 0.460. The molecule has 0 aliphatic rings. The quantitative estimate of drug-likeness (QED) is 0.800. The third-order valence-corrected chi connectivity index (χ3v) is 2.23. The number of nitrogens with zero attached hydrogens (tertiary/aromatic N) is 2. The molecule has 0 saturated carbocycles. The van der Waals surface area contributed by atoms with Crippen LogP contribution in [0.4, 0.5) is 0 Å². The van der Waals surface area contributed by atoms with Crippen LogP contribution in [0.15, 0.2) is 42.9 Å². The number of aromatic nitrogens is 2. The maximum Gasteiger partial charge on any atom is 0.237 e. The average molecular weight is 298 g/mol. The third-order valence-electron chi connectivity index (χ3n) is 1.56. The summed E-state index contributed by atoms with van der Waals surface area (Å²) < 4.78 is 6.61. The SMILES string of the molecule is Ic1cccc(Oc2cnccn2)c1. The molecule has 2 aromatic rings. The maximum absolute atomic E-state index is 5.48. The van der Waals surface area contributed by atoms with Gasteiger partial charge in [0.1, 0.15) is 5.75 Å². The van der Waals surface area contributed by atoms with Crippen LogP contribution in [0.5, 0.6) is 11.6 Å². The van der Waals surface area contributed by atoms with E-state index in [1.165, 1.54) is 0 Å². The van der Waals surface area contributed by atoms with E-state index >= 15 is 0 Å². The Morgan fingerprint density at radius 1 is 1.21 bits per heavy atom. The second-order valence-corrected chi connectivity index (χ2v) is 3.85. The minimum absolute atomic E-state index is 0.509. The summed E-state index contributed by atoms with van der Waals surface area (Å²) in [7, 11) is 0. The summed E-state index contributed by atoms with van der Waals surface area (Å²) in [6.45, 7) is 0. The van der Waals surface area contributed by atoms with E-state index in [1.807, 2.05) is 24.3 Å². The first-order chi connectivity index (χ1) is 6.84. The van der Waals surface area contributed by atoms with Gasteiger partial charge in [0, 0.05) is 16.0 Å². The summed E-state index contributed by atoms with van der Waals surface area (Å²) >= 11 is 2.23. The van der Waals surface area contributed by atoms with Gasteiger partial charge in [-0.3, -0.25) is 4.98 Å². The number of rotatable bonds is 2. The van der Waals surface area contributed by atoms with Crippen LogP contribution in [0, 0.1) is 3.57 Å². The standard InChI is InChI=1S/C10H7IN2O/c11-8-2-1-3-9(6-8)14-10-7-12-4-5-13-10/h1-7H. The lowest BCUT2D eigenvalue weighted by atomic mass is 10.3. The van der Waals surface area contributed by atoms with E-state index in [1.54, 1.807) is 18.6 Å². The molecule has 0 aliphatic heterocycles. The summed E-state index contributed by atoms with van der Waals surface area (Å²) in [6, 6.07) is 7.77. The van der Waals surface area contributed by atoms with Crippen LogP contribution >= 0.6 is 22.6 Å². The van der Waals surface area contributed by atoms with E-state index in [4.69, 9.17) is 4.74 Å². The van der Waals surface area contributed by atoms with E-state index in [-0.39, 0.29) is 0 Å². The summed E-state index contributed by atoms with van der Waals surface area (Å²) in [5, 5.41) is 0. The molecule has 0 radical (unpaired) electrons. The Labute approximate surface area is 95.3 Å². The van der Waals surface area contributed by atoms with E-state index < -0.39 is 0 Å². The van der Waals surface area contributed by atoms with Crippen LogP contribution in [0.2, 0.25) is 0 Å². The second kappa shape index (κ2) is 4.36. The van der Waals surface area contributed by atoms with Crippen LogP contribution in [0.25, 0.3) is 0 Å². The third kappa shape index (κ3) is 2.41. The molecule has 1 aromatic heterocycles. The van der Waals surface area contributed by atoms with Crippen molar-refractivity contribution in [3.05, 3.63) is 46.4 Å². The first kappa shape index (κ1) is 9.39. The molecule has 70 valence electrons. The van der Waals surface area contributed by atoms with Crippen LogP contribution in [-0.2, 0) is 0 Å². The molecule has 0 saturated heterocycles. The topological polar surface area (TPSA) is 35.0 Å². The molecule has 4 heteroatoms. The van der Waals surface area contributed by atoms with Crippen LogP contribution in [0.1, 0.15) is 0 Å². The van der Waals surface area contributed by atoms with Crippen molar-refractivity contribution >= 4 is 22.6 Å². The zero-order valence-corrected chi connectivity index (χ0v) is 9.38. The highest BCUT2D eigenvalue weighted by Crippen LogP contribution is 2.19. The molecule has 0 atom stereocenters. The molecule has 0 spiro atoms. The normalized spacial score (nSPS) is 9.79. The monoisotopic (exact) mass is 298 g/mol. The first-order valence-corrected chi connectivity index (χ1v) is 5.12. The second-order valence-electron chi connectivity index (χ2n) is 2.60. The van der Waals surface area contributed by atoms with Crippen molar-refractivity contribution in [2.75, 3.05) is 0 Å². The fourth-order valence-electron chi connectivity index (χ4n) is 0.989. The first-order valence-electron chi connectivity index (χ1n) is 4.04. The summed E-state index contributed by atoms with van der Waals surface area (Å²) in [5.41, 5.74) is 0. The average Bonchev–Trinajstić information content (AvgIpc) is 2.19. The highest BCUT2D eigenvalue weighted by Gasteiger charge is 1.97. The largest absolute Gasteiger partial charge is 0.437 e. The molecule has 0 bridgehead atoms. The van der Waals surface area contributed by atoms with Gasteiger partial charge in [-0.25, -0.2) is 4.98 Å². The predicted octanol–water partition coefficient (Wildman–Crippen LogP) is 2.87. The molecule has 0 unspecified atom stereocenters. The Kier molecular flexibility index (Phi) is 2.93. The lowest BCUT2D eigenvalue weighted by Gasteiger charge is -2.03. The molecule has 2 rings (SSSR count). The number of hydrogen-bond acceptors (Lipinski definition) is 3. The van der Waals surface area contributed by atoms with Crippen molar-refractivity contribution in [1.82, 2.24) is 9.97 Å². The fraction of sp³-hybridized carbons (Fsp3) is 0. The summed E-state index contributed by atoms with van der Waals surface area (Å²) in [6.07, 6.45) is 4.80. The molecule has 0 aliphatic carbocycles. The summed E-state index contributed by atoms with van der Waals surface area (Å²) in [5.74, 6) is 1.28. The van der Waals surface area contributed by atoms with Gasteiger partial charge in [0.2, 0.25) is 5.88 Å². The number of halogens is 1. The molecular weight excluding hydrogens is 291 g/mol. The van der Waals surface area contributed by atoms with Crippen LogP contribution in [0.3, 0.4) is 0 Å². The molecule has 1 aromatic carbocycles. The molecule has 1 heterocycles. The summed E-state index contributed by atoms with van der Waals surface area (Å²) in [4.78, 5) is 7.93. The van der Waals surface area contributed by atoms with Gasteiger partial charge in [-0.2, -0.15) is 0 Å². The van der Waals surface area contributed by atoms with Crippen molar-refractivity contribution < 1.29 is 4.74 Å². The number of hydrogen-bond donors (Lipinski definition) is 0. The minimum Gasteiger partial charge on any atom is -0.437 e. The van der Waals surface area contributed by atoms with Gasteiger partial charge < -0.3 is 4.74 Å². The van der Waals surface area contributed by atoms with Gasteiger partial charge in [0.05, 0.1) is 6.20 Å². The lowest BCUT2D eigenvalue weighted by Crippen LogP contribution is -1.88. The van der Waals surface area contributed by atoms with Crippen molar-refractivity contribution in [3.8, 4) is 11.6 Å². The Balaban J connectivity index is 2.19. The van der Waals surface area contributed by atoms with Gasteiger partial charge in [-0.15, -0.1) is 0 Å². The smallest absolute Gasteiger partial charge is 0.237 e. The molecule has 0 N–H and O–H groups in total. The highest BCUT2D eigenvalue weighted by atomic mass is 127. The Hall–Kier alpha value is -1.17. The predicted molar refractivity (Wildman–Crippen MR) is 61.3 cm³/mol. The van der Waals surface area contributed by atoms with E-state index in [0.717, 1.165) is 9.32 Å². The van der Waals surface area contributed by atoms with Gasteiger partial charge in [0.15, 0.2) is 0 Å². The maximum atomic E-state index is 5.48. The minimum atomic E-state index is 0.509. The van der Waals surface area contributed by atoms with Crippen LogP contribution in [-0.4, -0.2) is 9.97 Å². The van der Waals surface area contributed by atoms with Crippen LogP contribution < -0.4 is 4.74 Å². The van der Waals surface area contributed by atoms with Gasteiger partial charge >= 0.3 is 0 Å². The number of ether oxygens (including phenoxy) is 1. The van der Waals surface area contributed by atoms with Crippen molar-refractivity contribution in [1.29, 1.82) is 0 Å². The Bertz CT molecular complexity index is 419. The van der Waals surface area contributed by atoms with Crippen molar-refractivity contribution in [3.63, 3.8) is 0 Å². The van der Waals surface area contributed by atoms with Crippen molar-refractivity contribution in [2.24, 2.45) is 0 Å². The molecular formula is C10H7IN2O. The Morgan fingerprint density at radius 3 is 2.86 bits per heavy atom. The molecule has 0 fully saturated rings. The molecule has 14 heavy (non-hydrogen) atoms. The Morgan fingerprint density at radius 2 is 2.14 bits per heavy atom. The number of benzene rings is 1. The highest BCUT2D eigenvalue weighted by molar-refractivity contribution is 14.1. The van der Waals surface area contributed by atoms with Gasteiger partial charge in [0.25, 0.3) is 0 Å². The van der Waals surface area contributed by atoms with Gasteiger partial charge in [-0.1, -0.05) is 6.07 Å². The molecule has 3 nitrogen and oxygen atoms in total. The van der Waals surface area contributed by atoms with E-state index in [2.05, 4.69) is 32.6 Å². The fourth-order valence-corrected chi connectivity index (χ4v) is 1.50. The van der Waals surface area contributed by atoms with E-state index in [0.29, 0.717) is 5.88 Å². The zero-order valence-electron chi connectivity index (χ0n) is 7.22. The zero-order chi connectivity index (χ0) is 9.80.